The first-order chi connectivity index (χ1) is 5.13. The minimum Gasteiger partial charge on any atom is -0.366 e. The topological polar surface area (TPSA) is 92.5 Å². The van der Waals surface area contributed by atoms with Crippen LogP contribution in [0.25, 0.3) is 0 Å². The van der Waals surface area contributed by atoms with Gasteiger partial charge in [0, 0.05) is 0 Å². The van der Waals surface area contributed by atoms with Gasteiger partial charge in [0.25, 0.3) is 0 Å². The molecule has 5 nitrogen and oxygen atoms in total. The molecule has 0 bridgehead atoms. The van der Waals surface area contributed by atoms with Crippen LogP contribution < -0.4 is 5.73 Å². The molecule has 1 heterocycles. The largest absolute Gasteiger partial charge is 0.366 e. The standard InChI is InChI=1S/C5H7ClN2O3/c6-2-1-11-8-4(2)3(7)5(9)10/h1,3,5,9-10H,7H2/t3-/m0/s1. The van der Waals surface area contributed by atoms with Crippen LogP contribution in [0.5, 0.6) is 0 Å². The quantitative estimate of drug-likeness (QED) is 0.538. The van der Waals surface area contributed by atoms with Crippen LogP contribution in [0.1, 0.15) is 11.7 Å². The molecule has 0 aromatic carbocycles. The molecule has 1 aromatic rings. The lowest BCUT2D eigenvalue weighted by molar-refractivity contribution is -0.0603. The fourth-order valence-corrected chi connectivity index (χ4v) is 0.795. The number of aromatic nitrogens is 1. The average Bonchev–Trinajstić information content (AvgIpc) is 2.33. The zero-order chi connectivity index (χ0) is 8.43. The first-order valence-electron chi connectivity index (χ1n) is 2.84. The van der Waals surface area contributed by atoms with Crippen molar-refractivity contribution in [2.75, 3.05) is 0 Å². The van der Waals surface area contributed by atoms with E-state index in [2.05, 4.69) is 9.68 Å². The number of hydrogen-bond acceptors (Lipinski definition) is 5. The van der Waals surface area contributed by atoms with Crippen LogP contribution in [-0.2, 0) is 0 Å². The maximum atomic E-state index is 8.61. The summed E-state index contributed by atoms with van der Waals surface area (Å²) >= 11 is 5.52. The van der Waals surface area contributed by atoms with E-state index in [0.717, 1.165) is 0 Å². The van der Waals surface area contributed by atoms with Gasteiger partial charge in [-0.05, 0) is 0 Å². The van der Waals surface area contributed by atoms with Crippen LogP contribution >= 0.6 is 11.6 Å². The molecule has 0 aliphatic carbocycles. The second-order valence-corrected chi connectivity index (χ2v) is 2.39. The summed E-state index contributed by atoms with van der Waals surface area (Å²) < 4.78 is 4.43. The van der Waals surface area contributed by atoms with Gasteiger partial charge in [0.05, 0.1) is 0 Å². The molecule has 1 aromatic heterocycles. The van der Waals surface area contributed by atoms with E-state index >= 15 is 0 Å². The van der Waals surface area contributed by atoms with E-state index in [4.69, 9.17) is 27.5 Å². The van der Waals surface area contributed by atoms with Crippen molar-refractivity contribution in [3.05, 3.63) is 17.0 Å². The van der Waals surface area contributed by atoms with E-state index in [1.807, 2.05) is 0 Å². The van der Waals surface area contributed by atoms with Gasteiger partial charge in [-0.2, -0.15) is 0 Å². The maximum Gasteiger partial charge on any atom is 0.172 e. The third-order valence-electron chi connectivity index (χ3n) is 1.19. The molecule has 0 spiro atoms. The normalized spacial score (nSPS) is 13.9. The van der Waals surface area contributed by atoms with Crippen LogP contribution in [0, 0.1) is 0 Å². The van der Waals surface area contributed by atoms with Crippen LogP contribution in [0.4, 0.5) is 0 Å². The first kappa shape index (κ1) is 8.48. The Balaban J connectivity index is 2.84. The molecule has 1 atom stereocenters. The maximum absolute atomic E-state index is 8.61. The summed E-state index contributed by atoms with van der Waals surface area (Å²) in [5, 5.41) is 20.8. The van der Waals surface area contributed by atoms with E-state index in [0.29, 0.717) is 0 Å². The van der Waals surface area contributed by atoms with Gasteiger partial charge in [-0.1, -0.05) is 16.8 Å². The number of hydrogen-bond donors (Lipinski definition) is 3. The van der Waals surface area contributed by atoms with Crippen molar-refractivity contribution < 1.29 is 14.7 Å². The van der Waals surface area contributed by atoms with Crippen molar-refractivity contribution in [2.24, 2.45) is 5.73 Å². The van der Waals surface area contributed by atoms with Crippen molar-refractivity contribution in [2.45, 2.75) is 12.3 Å². The zero-order valence-electron chi connectivity index (χ0n) is 5.44. The molecule has 0 aliphatic heterocycles. The summed E-state index contributed by atoms with van der Waals surface area (Å²) in [6, 6.07) is -1.03. The number of halogens is 1. The number of nitrogens with two attached hydrogens (primary N) is 1. The monoisotopic (exact) mass is 178 g/mol. The Morgan fingerprint density at radius 3 is 2.64 bits per heavy atom. The van der Waals surface area contributed by atoms with Gasteiger partial charge in [-0.15, -0.1) is 0 Å². The van der Waals surface area contributed by atoms with E-state index < -0.39 is 12.3 Å². The molecule has 0 saturated carbocycles. The molecule has 0 unspecified atom stereocenters. The zero-order valence-corrected chi connectivity index (χ0v) is 6.19. The molecule has 0 radical (unpaired) electrons. The highest BCUT2D eigenvalue weighted by Crippen LogP contribution is 2.20. The highest BCUT2D eigenvalue weighted by molar-refractivity contribution is 6.31. The smallest absolute Gasteiger partial charge is 0.172 e. The Morgan fingerprint density at radius 2 is 2.27 bits per heavy atom. The minimum absolute atomic E-state index is 0.140. The van der Waals surface area contributed by atoms with Crippen molar-refractivity contribution in [1.29, 1.82) is 0 Å². The van der Waals surface area contributed by atoms with Crippen molar-refractivity contribution in [3.63, 3.8) is 0 Å². The van der Waals surface area contributed by atoms with Gasteiger partial charge in [-0.25, -0.2) is 0 Å². The Morgan fingerprint density at radius 1 is 1.64 bits per heavy atom. The fraction of sp³-hybridized carbons (Fsp3) is 0.400. The lowest BCUT2D eigenvalue weighted by atomic mass is 10.2. The predicted octanol–water partition coefficient (Wildman–Crippen LogP) is -0.361. The number of aliphatic hydroxyl groups excluding tert-OH is 1. The summed E-state index contributed by atoms with van der Waals surface area (Å²) in [6.07, 6.45) is -0.517. The van der Waals surface area contributed by atoms with E-state index in [-0.39, 0.29) is 10.7 Å². The highest BCUT2D eigenvalue weighted by atomic mass is 35.5. The van der Waals surface area contributed by atoms with Crippen LogP contribution in [0.3, 0.4) is 0 Å². The molecule has 1 rings (SSSR count). The summed E-state index contributed by atoms with van der Waals surface area (Å²) in [7, 11) is 0. The molecule has 4 N–H and O–H groups in total. The van der Waals surface area contributed by atoms with Crippen molar-refractivity contribution in [3.8, 4) is 0 Å². The molecule has 0 fully saturated rings. The van der Waals surface area contributed by atoms with Gasteiger partial charge in [-0.3, -0.25) is 0 Å². The third-order valence-corrected chi connectivity index (χ3v) is 1.47. The van der Waals surface area contributed by atoms with Gasteiger partial charge >= 0.3 is 0 Å². The Hall–Kier alpha value is -0.620. The third kappa shape index (κ3) is 1.69. The molecule has 62 valence electrons. The van der Waals surface area contributed by atoms with E-state index in [1.54, 1.807) is 0 Å². The predicted molar refractivity (Wildman–Crippen MR) is 36.7 cm³/mol. The molecule has 6 heteroatoms. The Bertz CT molecular complexity index is 237. The molecular weight excluding hydrogens is 172 g/mol. The Kier molecular flexibility index (Phi) is 2.45. The molecule has 0 amide bonds. The number of aliphatic hydroxyl groups is 2. The van der Waals surface area contributed by atoms with Crippen molar-refractivity contribution >= 4 is 11.6 Å². The van der Waals surface area contributed by atoms with Gasteiger partial charge in [0.2, 0.25) is 0 Å². The number of nitrogens with zero attached hydrogens (tertiary/aromatic N) is 1. The average molecular weight is 179 g/mol. The summed E-state index contributed by atoms with van der Waals surface area (Å²) in [4.78, 5) is 0. The van der Waals surface area contributed by atoms with Crippen molar-refractivity contribution in [1.82, 2.24) is 5.16 Å². The summed E-state index contributed by atoms with van der Waals surface area (Å²) in [5.41, 5.74) is 5.42. The first-order valence-corrected chi connectivity index (χ1v) is 3.22. The lowest BCUT2D eigenvalue weighted by Crippen LogP contribution is -2.26. The van der Waals surface area contributed by atoms with Crippen LogP contribution in [0.2, 0.25) is 5.02 Å². The fourth-order valence-electron chi connectivity index (χ4n) is 0.595. The summed E-state index contributed by atoms with van der Waals surface area (Å²) in [6.45, 7) is 0. The molecular formula is C5H7ClN2O3. The highest BCUT2D eigenvalue weighted by Gasteiger charge is 2.20. The van der Waals surface area contributed by atoms with Crippen LogP contribution in [-0.4, -0.2) is 21.7 Å². The minimum atomic E-state index is -1.68. The lowest BCUT2D eigenvalue weighted by Gasteiger charge is -2.09. The molecule has 11 heavy (non-hydrogen) atoms. The van der Waals surface area contributed by atoms with Gasteiger partial charge in [0.1, 0.15) is 23.0 Å². The van der Waals surface area contributed by atoms with Crippen LogP contribution in [0.15, 0.2) is 10.8 Å². The summed E-state index contributed by atoms with van der Waals surface area (Å²) in [5.74, 6) is 0. The van der Waals surface area contributed by atoms with E-state index in [9.17, 15) is 0 Å². The molecule has 0 aliphatic rings. The Labute approximate surface area is 67.4 Å². The molecule has 0 saturated heterocycles. The number of rotatable bonds is 2. The van der Waals surface area contributed by atoms with Gasteiger partial charge in [0.15, 0.2) is 6.29 Å². The van der Waals surface area contributed by atoms with E-state index in [1.165, 1.54) is 6.26 Å². The second-order valence-electron chi connectivity index (χ2n) is 1.99. The SMILES string of the molecule is N[C@@H](c1nocc1Cl)C(O)O. The second kappa shape index (κ2) is 3.19. The van der Waals surface area contributed by atoms with Gasteiger partial charge < -0.3 is 20.5 Å².